The van der Waals surface area contributed by atoms with Gasteiger partial charge in [-0.2, -0.15) is 13.2 Å². The summed E-state index contributed by atoms with van der Waals surface area (Å²) in [4.78, 5) is 13.3. The van der Waals surface area contributed by atoms with Gasteiger partial charge in [0.1, 0.15) is 12.7 Å². The molecule has 1 heterocycles. The van der Waals surface area contributed by atoms with E-state index in [4.69, 9.17) is 0 Å². The Hall–Kier alpha value is -0.870. The molecule has 0 aromatic carbocycles. The van der Waals surface area contributed by atoms with Crippen LogP contribution in [0.4, 0.5) is 13.2 Å². The van der Waals surface area contributed by atoms with Crippen LogP contribution >= 0.6 is 0 Å². The normalized spacial score (nSPS) is 19.6. The predicted octanol–water partition coefficient (Wildman–Crippen LogP) is 0.494. The number of piperidine rings is 1. The van der Waals surface area contributed by atoms with Crippen LogP contribution in [0.5, 0.6) is 0 Å². The second-order valence-electron chi connectivity index (χ2n) is 5.06. The number of nitrogens with one attached hydrogen (secondary N) is 1. The molecule has 1 atom stereocenters. The number of carbonyl (C=O) groups is 1. The molecular weight excluding hydrogens is 313 g/mol. The minimum absolute atomic E-state index is 0.254. The second kappa shape index (κ2) is 6.93. The molecule has 6 nitrogen and oxygen atoms in total. The Kier molecular flexibility index (Phi) is 6.00. The third-order valence-electron chi connectivity index (χ3n) is 3.03. The first kappa shape index (κ1) is 18.2. The lowest BCUT2D eigenvalue weighted by atomic mass is 10.1. The summed E-state index contributed by atoms with van der Waals surface area (Å²) in [5, 5.41) is 0. The fraction of sp³-hybridized carbons (Fsp3) is 0.909. The molecule has 0 saturated carbocycles. The summed E-state index contributed by atoms with van der Waals surface area (Å²) in [5.74, 6) is -0.517. The number of amides is 1. The number of sulfonamides is 1. The van der Waals surface area contributed by atoms with Gasteiger partial charge in [0.2, 0.25) is 10.0 Å². The average Bonchev–Trinajstić information content (AvgIpc) is 2.33. The summed E-state index contributed by atoms with van der Waals surface area (Å²) >= 11 is 0. The fourth-order valence-electron chi connectivity index (χ4n) is 2.07. The second-order valence-corrected chi connectivity index (χ2v) is 6.84. The molecular formula is C11H19F3N2O4S. The van der Waals surface area contributed by atoms with Crippen LogP contribution in [0.2, 0.25) is 0 Å². The molecule has 0 unspecified atom stereocenters. The highest BCUT2D eigenvalue weighted by molar-refractivity contribution is 7.88. The Balaban J connectivity index is 2.41. The van der Waals surface area contributed by atoms with Crippen molar-refractivity contribution in [1.82, 2.24) is 9.62 Å². The number of alkyl halides is 3. The van der Waals surface area contributed by atoms with E-state index in [1.165, 1.54) is 11.8 Å². The molecule has 0 aliphatic carbocycles. The van der Waals surface area contributed by atoms with Gasteiger partial charge in [-0.3, -0.25) is 4.79 Å². The van der Waals surface area contributed by atoms with Crippen LogP contribution in [-0.4, -0.2) is 63.5 Å². The monoisotopic (exact) mass is 332 g/mol. The Morgan fingerprint density at radius 1 is 1.38 bits per heavy atom. The molecule has 1 aliphatic rings. The molecule has 1 aliphatic heterocycles. The maximum Gasteiger partial charge on any atom is 0.411 e. The van der Waals surface area contributed by atoms with Crippen molar-refractivity contribution in [3.05, 3.63) is 0 Å². The zero-order valence-corrected chi connectivity index (χ0v) is 12.6. The fourth-order valence-corrected chi connectivity index (χ4v) is 2.91. The van der Waals surface area contributed by atoms with E-state index in [9.17, 15) is 26.4 Å². The number of hydrogen-bond acceptors (Lipinski definition) is 4. The Labute approximate surface area is 121 Å². The Bertz CT molecular complexity index is 459. The quantitative estimate of drug-likeness (QED) is 0.795. The predicted molar refractivity (Wildman–Crippen MR) is 69.1 cm³/mol. The molecule has 1 N–H and O–H groups in total. The summed E-state index contributed by atoms with van der Waals surface area (Å²) in [6.45, 7) is 0.373. The first-order chi connectivity index (χ1) is 9.48. The minimum atomic E-state index is -4.47. The van der Waals surface area contributed by atoms with Gasteiger partial charge in [0.05, 0.1) is 6.26 Å². The van der Waals surface area contributed by atoms with Gasteiger partial charge in [0.15, 0.2) is 0 Å². The highest BCUT2D eigenvalue weighted by Crippen LogP contribution is 2.17. The third kappa shape index (κ3) is 7.09. The summed E-state index contributed by atoms with van der Waals surface area (Å²) in [5.41, 5.74) is 0. The molecule has 1 amide bonds. The Morgan fingerprint density at radius 3 is 2.33 bits per heavy atom. The van der Waals surface area contributed by atoms with Gasteiger partial charge in [-0.25, -0.2) is 13.1 Å². The van der Waals surface area contributed by atoms with Crippen LogP contribution in [0.3, 0.4) is 0 Å². The molecule has 10 heteroatoms. The van der Waals surface area contributed by atoms with E-state index < -0.39 is 34.8 Å². The number of nitrogens with zero attached hydrogens (tertiary/aromatic N) is 1. The number of carbonyl (C=O) groups excluding carboxylic acids is 1. The van der Waals surface area contributed by atoms with Crippen LogP contribution < -0.4 is 4.72 Å². The molecule has 0 aromatic heterocycles. The number of ether oxygens (including phenoxy) is 1. The number of likely N-dealkylation sites (tertiary alicyclic amines) is 1. The number of hydrogen-bond donors (Lipinski definition) is 1. The van der Waals surface area contributed by atoms with Crippen molar-refractivity contribution in [1.29, 1.82) is 0 Å². The van der Waals surface area contributed by atoms with Gasteiger partial charge < -0.3 is 9.64 Å². The summed E-state index contributed by atoms with van der Waals surface area (Å²) in [6, 6.07) is -0.254. The standard InChI is InChI=1S/C11H19F3N2O4S/c1-8(20-7-11(12,13)14)10(17)16-5-3-9(4-6-16)15-21(2,18)19/h8-9,15H,3-7H2,1-2H3/t8-/m0/s1. The van der Waals surface area contributed by atoms with Crippen molar-refractivity contribution in [3.8, 4) is 0 Å². The number of rotatable bonds is 5. The van der Waals surface area contributed by atoms with Crippen LogP contribution in [0, 0.1) is 0 Å². The van der Waals surface area contributed by atoms with E-state index in [1.54, 1.807) is 0 Å². The van der Waals surface area contributed by atoms with Crippen molar-refractivity contribution in [2.45, 2.75) is 38.1 Å². The van der Waals surface area contributed by atoms with E-state index in [2.05, 4.69) is 9.46 Å². The largest absolute Gasteiger partial charge is 0.411 e. The minimum Gasteiger partial charge on any atom is -0.359 e. The summed E-state index contributed by atoms with van der Waals surface area (Å²) < 4.78 is 65.2. The highest BCUT2D eigenvalue weighted by atomic mass is 32.2. The van der Waals surface area contributed by atoms with E-state index in [0.717, 1.165) is 6.26 Å². The first-order valence-corrected chi connectivity index (χ1v) is 8.31. The van der Waals surface area contributed by atoms with Gasteiger partial charge in [0, 0.05) is 19.1 Å². The SMILES string of the molecule is C[C@H](OCC(F)(F)F)C(=O)N1CCC(NS(C)(=O)=O)CC1. The van der Waals surface area contributed by atoms with Gasteiger partial charge >= 0.3 is 6.18 Å². The van der Waals surface area contributed by atoms with E-state index >= 15 is 0 Å². The van der Waals surface area contributed by atoms with Gasteiger partial charge in [0.25, 0.3) is 5.91 Å². The molecule has 0 spiro atoms. The molecule has 21 heavy (non-hydrogen) atoms. The topological polar surface area (TPSA) is 75.7 Å². The van der Waals surface area contributed by atoms with Crippen molar-refractivity contribution >= 4 is 15.9 Å². The van der Waals surface area contributed by atoms with Crippen LogP contribution in [0.1, 0.15) is 19.8 Å². The highest BCUT2D eigenvalue weighted by Gasteiger charge is 2.32. The molecule has 1 saturated heterocycles. The first-order valence-electron chi connectivity index (χ1n) is 6.42. The molecule has 124 valence electrons. The lowest BCUT2D eigenvalue weighted by Crippen LogP contribution is -2.49. The lowest BCUT2D eigenvalue weighted by molar-refractivity contribution is -0.188. The zero-order chi connectivity index (χ0) is 16.3. The van der Waals surface area contributed by atoms with Gasteiger partial charge in [-0.15, -0.1) is 0 Å². The molecule has 0 bridgehead atoms. The van der Waals surface area contributed by atoms with E-state index in [1.807, 2.05) is 0 Å². The molecule has 1 rings (SSSR count). The van der Waals surface area contributed by atoms with Crippen molar-refractivity contribution < 1.29 is 31.1 Å². The van der Waals surface area contributed by atoms with Crippen molar-refractivity contribution in [2.75, 3.05) is 26.0 Å². The molecule has 0 radical (unpaired) electrons. The Morgan fingerprint density at radius 2 is 1.90 bits per heavy atom. The van der Waals surface area contributed by atoms with Crippen LogP contribution in [0.15, 0.2) is 0 Å². The van der Waals surface area contributed by atoms with Crippen LogP contribution in [0.25, 0.3) is 0 Å². The van der Waals surface area contributed by atoms with Gasteiger partial charge in [-0.1, -0.05) is 0 Å². The smallest absolute Gasteiger partial charge is 0.359 e. The molecule has 0 aromatic rings. The van der Waals surface area contributed by atoms with Crippen molar-refractivity contribution in [2.24, 2.45) is 0 Å². The number of halogens is 3. The van der Waals surface area contributed by atoms with E-state index in [-0.39, 0.29) is 19.1 Å². The molecule has 1 fully saturated rings. The van der Waals surface area contributed by atoms with Gasteiger partial charge in [-0.05, 0) is 19.8 Å². The maximum atomic E-state index is 12.0. The maximum absolute atomic E-state index is 12.0. The lowest BCUT2D eigenvalue weighted by Gasteiger charge is -2.33. The summed E-state index contributed by atoms with van der Waals surface area (Å²) in [6.07, 6.45) is -3.75. The average molecular weight is 332 g/mol. The summed E-state index contributed by atoms with van der Waals surface area (Å²) in [7, 11) is -3.31. The van der Waals surface area contributed by atoms with E-state index in [0.29, 0.717) is 12.8 Å². The zero-order valence-electron chi connectivity index (χ0n) is 11.8. The van der Waals surface area contributed by atoms with Crippen LogP contribution in [-0.2, 0) is 19.6 Å². The third-order valence-corrected chi connectivity index (χ3v) is 3.79. The van der Waals surface area contributed by atoms with Crippen molar-refractivity contribution in [3.63, 3.8) is 0 Å².